The molecule has 0 heterocycles. The van der Waals surface area contributed by atoms with Crippen molar-refractivity contribution in [2.75, 3.05) is 0 Å². The fourth-order valence-electron chi connectivity index (χ4n) is 2.25. The molecule has 0 saturated carbocycles. The Morgan fingerprint density at radius 1 is 0.864 bits per heavy atom. The first-order valence-electron chi connectivity index (χ1n) is 6.50. The Morgan fingerprint density at radius 2 is 1.32 bits per heavy atom. The van der Waals surface area contributed by atoms with Gasteiger partial charge in [0.25, 0.3) is 0 Å². The fraction of sp³-hybridized carbons (Fsp3) is 0.188. The summed E-state index contributed by atoms with van der Waals surface area (Å²) in [6.45, 7) is 1.58. The second-order valence-corrected chi connectivity index (χ2v) is 4.68. The van der Waals surface area contributed by atoms with Gasteiger partial charge in [-0.2, -0.15) is 0 Å². The molecule has 6 heteroatoms. The summed E-state index contributed by atoms with van der Waals surface area (Å²) >= 11 is 0. The first-order valence-corrected chi connectivity index (χ1v) is 6.50. The van der Waals surface area contributed by atoms with E-state index >= 15 is 0 Å². The summed E-state index contributed by atoms with van der Waals surface area (Å²) in [6, 6.07) is 8.02. The van der Waals surface area contributed by atoms with Crippen LogP contribution in [0.5, 0.6) is 0 Å². The molecule has 1 nitrogen and oxygen atoms in total. The first kappa shape index (κ1) is 16.1. The molecule has 0 N–H and O–H groups in total. The maximum atomic E-state index is 13.7. The topological polar surface area (TPSA) is 17.1 Å². The van der Waals surface area contributed by atoms with Crippen LogP contribution in [0.2, 0.25) is 0 Å². The van der Waals surface area contributed by atoms with Gasteiger partial charge in [0.15, 0.2) is 29.1 Å². The monoisotopic (exact) mass is 314 g/mol. The van der Waals surface area contributed by atoms with Crippen molar-refractivity contribution in [1.82, 2.24) is 0 Å². The van der Waals surface area contributed by atoms with Crippen LogP contribution in [0.3, 0.4) is 0 Å². The number of carbonyl (C=O) groups excluding carboxylic acids is 1. The summed E-state index contributed by atoms with van der Waals surface area (Å²) in [6.07, 6.45) is 0.155. The van der Waals surface area contributed by atoms with E-state index in [1.807, 2.05) is 0 Å². The number of rotatable bonds is 4. The molecule has 22 heavy (non-hydrogen) atoms. The standard InChI is InChI=1S/C16H11F5O/c1-2-9(8-6-4-3-5-7-8)16(22)10-11(17)13(19)15(21)14(20)12(10)18/h3-7,9H,2H2,1H3. The molecule has 0 saturated heterocycles. The Labute approximate surface area is 123 Å². The van der Waals surface area contributed by atoms with Crippen LogP contribution in [0.15, 0.2) is 30.3 Å². The molecule has 0 amide bonds. The van der Waals surface area contributed by atoms with Crippen molar-refractivity contribution in [3.05, 3.63) is 70.5 Å². The van der Waals surface area contributed by atoms with Gasteiger partial charge < -0.3 is 0 Å². The number of Topliss-reactive ketones (excluding diaryl/α,β-unsaturated/α-hetero) is 1. The highest BCUT2D eigenvalue weighted by molar-refractivity contribution is 6.01. The van der Waals surface area contributed by atoms with Crippen LogP contribution >= 0.6 is 0 Å². The van der Waals surface area contributed by atoms with E-state index in [9.17, 15) is 26.7 Å². The SMILES string of the molecule is CCC(C(=O)c1c(F)c(F)c(F)c(F)c1F)c1ccccc1. The molecule has 1 unspecified atom stereocenters. The van der Waals surface area contributed by atoms with Crippen LogP contribution in [0.1, 0.15) is 35.2 Å². The molecule has 0 bridgehead atoms. The third kappa shape index (κ3) is 2.61. The van der Waals surface area contributed by atoms with Crippen LogP contribution in [0.25, 0.3) is 0 Å². The lowest BCUT2D eigenvalue weighted by atomic mass is 9.88. The number of hydrogen-bond donors (Lipinski definition) is 0. The highest BCUT2D eigenvalue weighted by Gasteiger charge is 2.33. The van der Waals surface area contributed by atoms with E-state index in [1.54, 1.807) is 37.3 Å². The molecule has 0 aliphatic rings. The molecule has 1 atom stereocenters. The minimum atomic E-state index is -2.28. The van der Waals surface area contributed by atoms with E-state index in [-0.39, 0.29) is 6.42 Å². The van der Waals surface area contributed by atoms with Gasteiger partial charge in [0.2, 0.25) is 5.82 Å². The van der Waals surface area contributed by atoms with Crippen LogP contribution in [-0.2, 0) is 0 Å². The maximum Gasteiger partial charge on any atom is 0.200 e. The second kappa shape index (κ2) is 6.25. The van der Waals surface area contributed by atoms with Crippen LogP contribution in [0.4, 0.5) is 22.0 Å². The third-order valence-corrected chi connectivity index (χ3v) is 3.38. The minimum absolute atomic E-state index is 0.155. The molecule has 2 rings (SSSR count). The highest BCUT2D eigenvalue weighted by atomic mass is 19.2. The van der Waals surface area contributed by atoms with Crippen LogP contribution < -0.4 is 0 Å². The molecular weight excluding hydrogens is 303 g/mol. The van der Waals surface area contributed by atoms with Gasteiger partial charge in [-0.3, -0.25) is 4.79 Å². The van der Waals surface area contributed by atoms with Gasteiger partial charge in [-0.15, -0.1) is 0 Å². The molecule has 2 aromatic carbocycles. The van der Waals surface area contributed by atoms with Crippen molar-refractivity contribution in [3.8, 4) is 0 Å². The lowest BCUT2D eigenvalue weighted by Crippen LogP contribution is -2.19. The van der Waals surface area contributed by atoms with Gasteiger partial charge in [0.1, 0.15) is 0 Å². The second-order valence-electron chi connectivity index (χ2n) is 4.68. The summed E-state index contributed by atoms with van der Waals surface area (Å²) in [4.78, 5) is 12.3. The summed E-state index contributed by atoms with van der Waals surface area (Å²) in [5, 5.41) is 0. The van der Waals surface area contributed by atoms with Gasteiger partial charge in [-0.1, -0.05) is 37.3 Å². The van der Waals surface area contributed by atoms with E-state index in [2.05, 4.69) is 0 Å². The zero-order valence-electron chi connectivity index (χ0n) is 11.5. The first-order chi connectivity index (χ1) is 10.4. The average molecular weight is 314 g/mol. The maximum absolute atomic E-state index is 13.7. The van der Waals surface area contributed by atoms with Crippen LogP contribution in [0, 0.1) is 29.1 Å². The van der Waals surface area contributed by atoms with E-state index in [0.717, 1.165) is 0 Å². The van der Waals surface area contributed by atoms with E-state index in [0.29, 0.717) is 5.56 Å². The van der Waals surface area contributed by atoms with Crippen molar-refractivity contribution in [2.24, 2.45) is 0 Å². The quantitative estimate of drug-likeness (QED) is 0.344. The van der Waals surface area contributed by atoms with Crippen LogP contribution in [-0.4, -0.2) is 5.78 Å². The summed E-state index contributed by atoms with van der Waals surface area (Å²) in [5.74, 6) is -12.8. The number of benzene rings is 2. The minimum Gasteiger partial charge on any atom is -0.293 e. The van der Waals surface area contributed by atoms with Gasteiger partial charge >= 0.3 is 0 Å². The number of carbonyl (C=O) groups is 1. The smallest absolute Gasteiger partial charge is 0.200 e. The highest BCUT2D eigenvalue weighted by Crippen LogP contribution is 2.30. The Kier molecular flexibility index (Phi) is 4.59. The zero-order valence-corrected chi connectivity index (χ0v) is 11.5. The number of halogens is 5. The summed E-state index contributed by atoms with van der Waals surface area (Å²) < 4.78 is 66.9. The lowest BCUT2D eigenvalue weighted by molar-refractivity contribution is 0.0945. The fourth-order valence-corrected chi connectivity index (χ4v) is 2.25. The molecule has 0 radical (unpaired) electrons. The zero-order chi connectivity index (χ0) is 16.4. The Morgan fingerprint density at radius 3 is 1.77 bits per heavy atom. The van der Waals surface area contributed by atoms with Gasteiger partial charge in [-0.25, -0.2) is 22.0 Å². The van der Waals surface area contributed by atoms with Crippen molar-refractivity contribution in [1.29, 1.82) is 0 Å². The largest absolute Gasteiger partial charge is 0.293 e. The lowest BCUT2D eigenvalue weighted by Gasteiger charge is -2.16. The summed E-state index contributed by atoms with van der Waals surface area (Å²) in [7, 11) is 0. The van der Waals surface area contributed by atoms with Crippen molar-refractivity contribution < 1.29 is 26.7 Å². The Balaban J connectivity index is 2.58. The van der Waals surface area contributed by atoms with Gasteiger partial charge in [0.05, 0.1) is 5.56 Å². The molecule has 0 fully saturated rings. The number of ketones is 1. The van der Waals surface area contributed by atoms with Crippen molar-refractivity contribution in [2.45, 2.75) is 19.3 Å². The molecule has 0 aromatic heterocycles. The Hall–Kier alpha value is -2.24. The van der Waals surface area contributed by atoms with Crippen molar-refractivity contribution in [3.63, 3.8) is 0 Å². The third-order valence-electron chi connectivity index (χ3n) is 3.38. The molecule has 116 valence electrons. The normalized spacial score (nSPS) is 12.3. The Bertz CT molecular complexity index is 683. The summed E-state index contributed by atoms with van der Waals surface area (Å²) in [5.41, 5.74) is -0.953. The molecule has 0 spiro atoms. The van der Waals surface area contributed by atoms with E-state index in [1.165, 1.54) is 0 Å². The van der Waals surface area contributed by atoms with E-state index in [4.69, 9.17) is 0 Å². The predicted molar refractivity (Wildman–Crippen MR) is 70.0 cm³/mol. The van der Waals surface area contributed by atoms with Gasteiger partial charge in [0, 0.05) is 5.92 Å². The van der Waals surface area contributed by atoms with Gasteiger partial charge in [-0.05, 0) is 12.0 Å². The predicted octanol–water partition coefficient (Wildman–Crippen LogP) is 4.76. The average Bonchev–Trinajstić information content (AvgIpc) is 2.53. The molecule has 0 aliphatic heterocycles. The van der Waals surface area contributed by atoms with E-state index < -0.39 is 46.4 Å². The molecular formula is C16H11F5O. The molecule has 0 aliphatic carbocycles. The van der Waals surface area contributed by atoms with Crippen molar-refractivity contribution >= 4 is 5.78 Å². The number of hydrogen-bond acceptors (Lipinski definition) is 1. The molecule has 2 aromatic rings.